The zero-order valence-electron chi connectivity index (χ0n) is 13.5. The van der Waals surface area contributed by atoms with E-state index < -0.39 is 0 Å². The lowest BCUT2D eigenvalue weighted by Crippen LogP contribution is -2.40. The predicted octanol–water partition coefficient (Wildman–Crippen LogP) is 4.67. The molecule has 2 aliphatic carbocycles. The maximum Gasteiger partial charge on any atom is 0.115 e. The molecule has 2 heteroatoms. The molecule has 0 heterocycles. The minimum Gasteiger partial charge on any atom is -0.508 e. The van der Waals surface area contributed by atoms with E-state index in [2.05, 4.69) is 24.8 Å². The number of fused-ring (bicyclic) bond motifs is 1. The van der Waals surface area contributed by atoms with Crippen LogP contribution in [0.25, 0.3) is 0 Å². The Kier molecular flexibility index (Phi) is 4.54. The van der Waals surface area contributed by atoms with Crippen molar-refractivity contribution in [3.05, 3.63) is 29.3 Å². The van der Waals surface area contributed by atoms with Crippen LogP contribution < -0.4 is 0 Å². The maximum absolute atomic E-state index is 9.92. The summed E-state index contributed by atoms with van der Waals surface area (Å²) in [7, 11) is 0. The van der Waals surface area contributed by atoms with E-state index in [-0.39, 0.29) is 0 Å². The normalized spacial score (nSPS) is 23.0. The highest BCUT2D eigenvalue weighted by Crippen LogP contribution is 2.40. The average Bonchev–Trinajstić information content (AvgIpc) is 2.98. The van der Waals surface area contributed by atoms with E-state index in [1.54, 1.807) is 0 Å². The van der Waals surface area contributed by atoms with Gasteiger partial charge in [0.25, 0.3) is 0 Å². The van der Waals surface area contributed by atoms with Gasteiger partial charge in [0.2, 0.25) is 0 Å². The number of aromatic hydroxyl groups is 1. The molecule has 116 valence electrons. The first kappa shape index (κ1) is 14.9. The van der Waals surface area contributed by atoms with Crippen molar-refractivity contribution < 1.29 is 5.11 Å². The van der Waals surface area contributed by atoms with Gasteiger partial charge in [0.05, 0.1) is 0 Å². The third-order valence-corrected chi connectivity index (χ3v) is 5.18. The third-order valence-electron chi connectivity index (χ3n) is 5.18. The first-order chi connectivity index (χ1) is 10.1. The van der Waals surface area contributed by atoms with Gasteiger partial charge in [-0.3, -0.25) is 4.90 Å². The van der Waals surface area contributed by atoms with Crippen LogP contribution >= 0.6 is 0 Å². The zero-order chi connectivity index (χ0) is 14.8. The molecule has 3 rings (SSSR count). The number of benzene rings is 1. The molecular formula is C19H29NO. The summed E-state index contributed by atoms with van der Waals surface area (Å²) in [5, 5.41) is 9.92. The Hall–Kier alpha value is -1.02. The molecule has 1 fully saturated rings. The molecule has 2 nitrogen and oxygen atoms in total. The van der Waals surface area contributed by atoms with Crippen molar-refractivity contribution >= 4 is 0 Å². The van der Waals surface area contributed by atoms with Gasteiger partial charge in [0, 0.05) is 18.6 Å². The molecule has 0 aliphatic heterocycles. The molecule has 0 radical (unpaired) electrons. The summed E-state index contributed by atoms with van der Waals surface area (Å²) in [4.78, 5) is 2.77. The molecule has 0 saturated heterocycles. The second-order valence-corrected chi connectivity index (χ2v) is 7.32. The van der Waals surface area contributed by atoms with Crippen molar-refractivity contribution in [2.45, 2.75) is 70.9 Å². The smallest absolute Gasteiger partial charge is 0.115 e. The quantitative estimate of drug-likeness (QED) is 0.870. The van der Waals surface area contributed by atoms with Gasteiger partial charge in [0.1, 0.15) is 5.75 Å². The van der Waals surface area contributed by atoms with Crippen molar-refractivity contribution in [2.24, 2.45) is 5.92 Å². The topological polar surface area (TPSA) is 23.5 Å². The van der Waals surface area contributed by atoms with Crippen LogP contribution in [0.5, 0.6) is 5.75 Å². The van der Waals surface area contributed by atoms with Crippen LogP contribution in [0.15, 0.2) is 18.2 Å². The molecule has 0 bridgehead atoms. The number of nitrogens with zero attached hydrogens (tertiary/aromatic N) is 1. The van der Waals surface area contributed by atoms with Crippen LogP contribution in [-0.4, -0.2) is 22.6 Å². The number of phenols is 1. The van der Waals surface area contributed by atoms with Crippen LogP contribution in [0.2, 0.25) is 0 Å². The highest BCUT2D eigenvalue weighted by Gasteiger charge is 2.32. The minimum atomic E-state index is 0.427. The van der Waals surface area contributed by atoms with Crippen molar-refractivity contribution in [3.63, 3.8) is 0 Å². The lowest BCUT2D eigenvalue weighted by molar-refractivity contribution is 0.105. The molecule has 1 saturated carbocycles. The summed E-state index contributed by atoms with van der Waals surface area (Å²) in [6, 6.07) is 7.29. The van der Waals surface area contributed by atoms with Gasteiger partial charge in [-0.2, -0.15) is 0 Å². The predicted molar refractivity (Wildman–Crippen MR) is 87.6 cm³/mol. The van der Waals surface area contributed by atoms with Gasteiger partial charge in [-0.1, -0.05) is 32.8 Å². The summed E-state index contributed by atoms with van der Waals surface area (Å²) in [6.45, 7) is 5.84. The fourth-order valence-corrected chi connectivity index (χ4v) is 4.29. The Morgan fingerprint density at radius 1 is 1.14 bits per heavy atom. The molecular weight excluding hydrogens is 258 g/mol. The second kappa shape index (κ2) is 6.39. The van der Waals surface area contributed by atoms with E-state index in [9.17, 15) is 5.11 Å². The number of hydrogen-bond acceptors (Lipinski definition) is 2. The number of hydrogen-bond donors (Lipinski definition) is 1. The molecule has 0 amide bonds. The Balaban J connectivity index is 1.90. The van der Waals surface area contributed by atoms with Gasteiger partial charge < -0.3 is 5.11 Å². The van der Waals surface area contributed by atoms with Crippen molar-refractivity contribution in [3.8, 4) is 5.75 Å². The Labute approximate surface area is 129 Å². The van der Waals surface area contributed by atoms with E-state index >= 15 is 0 Å². The van der Waals surface area contributed by atoms with E-state index in [4.69, 9.17) is 0 Å². The highest BCUT2D eigenvalue weighted by atomic mass is 16.3. The monoisotopic (exact) mass is 287 g/mol. The summed E-state index contributed by atoms with van der Waals surface area (Å²) in [6.07, 6.45) is 9.20. The molecule has 0 aromatic heterocycles. The molecule has 1 aromatic carbocycles. The number of rotatable bonds is 4. The lowest BCUT2D eigenvalue weighted by atomic mass is 9.85. The SMILES string of the molecule is CC(C)CN(C1CCCC1)C1CCCc2ccc(O)cc21. The molecule has 21 heavy (non-hydrogen) atoms. The summed E-state index contributed by atoms with van der Waals surface area (Å²) < 4.78 is 0. The van der Waals surface area contributed by atoms with E-state index in [1.807, 2.05) is 12.1 Å². The summed E-state index contributed by atoms with van der Waals surface area (Å²) in [5.74, 6) is 1.13. The molecule has 1 atom stereocenters. The Bertz CT molecular complexity index is 476. The first-order valence-corrected chi connectivity index (χ1v) is 8.72. The van der Waals surface area contributed by atoms with E-state index in [1.165, 1.54) is 62.6 Å². The summed E-state index contributed by atoms with van der Waals surface area (Å²) in [5.41, 5.74) is 2.85. The van der Waals surface area contributed by atoms with Crippen LogP contribution in [0.3, 0.4) is 0 Å². The number of aryl methyl sites for hydroxylation is 1. The van der Waals surface area contributed by atoms with Gasteiger partial charge in [-0.25, -0.2) is 0 Å². The fourth-order valence-electron chi connectivity index (χ4n) is 4.29. The van der Waals surface area contributed by atoms with Crippen molar-refractivity contribution in [1.29, 1.82) is 0 Å². The van der Waals surface area contributed by atoms with Gasteiger partial charge in [-0.05, 0) is 61.3 Å². The third kappa shape index (κ3) is 3.26. The van der Waals surface area contributed by atoms with Crippen molar-refractivity contribution in [1.82, 2.24) is 4.90 Å². The molecule has 1 unspecified atom stereocenters. The average molecular weight is 287 g/mol. The lowest BCUT2D eigenvalue weighted by Gasteiger charge is -2.40. The van der Waals surface area contributed by atoms with Crippen LogP contribution in [0, 0.1) is 5.92 Å². The van der Waals surface area contributed by atoms with E-state index in [0.717, 1.165) is 6.04 Å². The Morgan fingerprint density at radius 3 is 2.62 bits per heavy atom. The Morgan fingerprint density at radius 2 is 1.90 bits per heavy atom. The van der Waals surface area contributed by atoms with Gasteiger partial charge >= 0.3 is 0 Å². The van der Waals surface area contributed by atoms with Crippen LogP contribution in [0.1, 0.15) is 69.5 Å². The van der Waals surface area contributed by atoms with Crippen LogP contribution in [0.4, 0.5) is 0 Å². The standard InChI is InChI=1S/C19H29NO/c1-14(2)13-20(16-7-3-4-8-16)19-9-5-6-15-10-11-17(21)12-18(15)19/h10-12,14,16,19,21H,3-9,13H2,1-2H3. The first-order valence-electron chi connectivity index (χ1n) is 8.72. The maximum atomic E-state index is 9.92. The highest BCUT2D eigenvalue weighted by molar-refractivity contribution is 5.38. The van der Waals surface area contributed by atoms with E-state index in [0.29, 0.717) is 17.7 Å². The van der Waals surface area contributed by atoms with Gasteiger partial charge in [0.15, 0.2) is 0 Å². The summed E-state index contributed by atoms with van der Waals surface area (Å²) >= 11 is 0. The fraction of sp³-hybridized carbons (Fsp3) is 0.684. The van der Waals surface area contributed by atoms with Crippen molar-refractivity contribution in [2.75, 3.05) is 6.54 Å². The molecule has 1 aromatic rings. The minimum absolute atomic E-state index is 0.427. The van der Waals surface area contributed by atoms with Gasteiger partial charge in [-0.15, -0.1) is 0 Å². The molecule has 2 aliphatic rings. The van der Waals surface area contributed by atoms with Crippen LogP contribution in [-0.2, 0) is 6.42 Å². The molecule has 0 spiro atoms. The second-order valence-electron chi connectivity index (χ2n) is 7.32. The zero-order valence-corrected chi connectivity index (χ0v) is 13.5. The molecule has 1 N–H and O–H groups in total. The largest absolute Gasteiger partial charge is 0.508 e. The number of phenolic OH excluding ortho intramolecular Hbond substituents is 1.